The molecule has 0 spiro atoms. The van der Waals surface area contributed by atoms with E-state index in [0.29, 0.717) is 23.2 Å². The fourth-order valence-electron chi connectivity index (χ4n) is 2.99. The van der Waals surface area contributed by atoms with Gasteiger partial charge in [-0.15, -0.1) is 14.8 Å². The molecule has 0 aliphatic carbocycles. The van der Waals surface area contributed by atoms with Gasteiger partial charge in [0.05, 0.1) is 11.6 Å². The Kier molecular flexibility index (Phi) is 4.17. The first kappa shape index (κ1) is 15.1. The van der Waals surface area contributed by atoms with Gasteiger partial charge in [-0.1, -0.05) is 23.7 Å². The molecule has 1 fully saturated rings. The van der Waals surface area contributed by atoms with Crippen LogP contribution in [0.25, 0.3) is 5.65 Å². The smallest absolute Gasteiger partial charge is 0.200 e. The lowest BCUT2D eigenvalue weighted by Gasteiger charge is -2.33. The first-order valence-corrected chi connectivity index (χ1v) is 8.35. The predicted molar refractivity (Wildman–Crippen MR) is 90.5 cm³/mol. The molecule has 0 radical (unpaired) electrons. The molecule has 0 N–H and O–H groups in total. The van der Waals surface area contributed by atoms with E-state index in [2.05, 4.69) is 25.5 Å². The van der Waals surface area contributed by atoms with E-state index in [0.717, 1.165) is 37.5 Å². The molecule has 0 amide bonds. The van der Waals surface area contributed by atoms with Crippen molar-refractivity contribution in [2.75, 3.05) is 24.6 Å². The van der Waals surface area contributed by atoms with Gasteiger partial charge < -0.3 is 9.64 Å². The number of piperidine rings is 1. The zero-order chi connectivity index (χ0) is 16.4. The molecule has 124 valence electrons. The number of ether oxygens (including phenoxy) is 1. The van der Waals surface area contributed by atoms with E-state index in [9.17, 15) is 0 Å². The van der Waals surface area contributed by atoms with E-state index in [1.807, 2.05) is 36.4 Å². The lowest BCUT2D eigenvalue weighted by atomic mass is 9.99. The summed E-state index contributed by atoms with van der Waals surface area (Å²) in [6, 6.07) is 11.4. The number of nitrogens with zero attached hydrogens (tertiary/aromatic N) is 6. The number of halogens is 1. The van der Waals surface area contributed by atoms with Crippen LogP contribution in [0.3, 0.4) is 0 Å². The minimum Gasteiger partial charge on any atom is -0.492 e. The summed E-state index contributed by atoms with van der Waals surface area (Å²) in [5.74, 6) is 2.06. The van der Waals surface area contributed by atoms with Crippen LogP contribution in [0.2, 0.25) is 5.02 Å². The molecule has 24 heavy (non-hydrogen) atoms. The summed E-state index contributed by atoms with van der Waals surface area (Å²) in [6.45, 7) is 2.52. The van der Waals surface area contributed by atoms with Gasteiger partial charge in [0.25, 0.3) is 0 Å². The molecule has 1 aliphatic heterocycles. The Bertz CT molecular complexity index is 838. The fraction of sp³-hybridized carbons (Fsp3) is 0.375. The molecular formula is C16H17ClN6O. The Morgan fingerprint density at radius 3 is 3.04 bits per heavy atom. The van der Waals surface area contributed by atoms with Crippen LogP contribution in [-0.4, -0.2) is 45.0 Å². The predicted octanol–water partition coefficient (Wildman–Crippen LogP) is 2.47. The largest absolute Gasteiger partial charge is 0.492 e. The molecule has 2 aromatic heterocycles. The SMILES string of the molecule is Clc1ccccc1OCC1CCCN(c2ccc3nnnn3n2)C1. The summed E-state index contributed by atoms with van der Waals surface area (Å²) in [4.78, 5) is 2.26. The second-order valence-electron chi connectivity index (χ2n) is 5.91. The van der Waals surface area contributed by atoms with Gasteiger partial charge in [0.15, 0.2) is 11.5 Å². The second kappa shape index (κ2) is 6.60. The lowest BCUT2D eigenvalue weighted by Crippen LogP contribution is -2.38. The van der Waals surface area contributed by atoms with E-state index in [-0.39, 0.29) is 0 Å². The second-order valence-corrected chi connectivity index (χ2v) is 6.32. The molecule has 1 atom stereocenters. The molecule has 0 bridgehead atoms. The highest BCUT2D eigenvalue weighted by atomic mass is 35.5. The summed E-state index contributed by atoms with van der Waals surface area (Å²) in [5, 5.41) is 16.5. The quantitative estimate of drug-likeness (QED) is 0.724. The Morgan fingerprint density at radius 1 is 1.21 bits per heavy atom. The van der Waals surface area contributed by atoms with Crippen LogP contribution < -0.4 is 9.64 Å². The number of anilines is 1. The van der Waals surface area contributed by atoms with Gasteiger partial charge >= 0.3 is 0 Å². The normalized spacial score (nSPS) is 18.0. The van der Waals surface area contributed by atoms with Crippen molar-refractivity contribution >= 4 is 23.1 Å². The summed E-state index contributed by atoms with van der Waals surface area (Å²) in [7, 11) is 0. The van der Waals surface area contributed by atoms with Crippen LogP contribution in [0.5, 0.6) is 5.75 Å². The first-order chi connectivity index (χ1) is 11.8. The molecule has 1 aromatic carbocycles. The van der Waals surface area contributed by atoms with E-state index < -0.39 is 0 Å². The molecule has 1 saturated heterocycles. The summed E-state index contributed by atoms with van der Waals surface area (Å²) < 4.78 is 7.36. The van der Waals surface area contributed by atoms with Crippen molar-refractivity contribution in [2.24, 2.45) is 5.92 Å². The van der Waals surface area contributed by atoms with Crippen molar-refractivity contribution in [1.29, 1.82) is 0 Å². The highest BCUT2D eigenvalue weighted by Crippen LogP contribution is 2.26. The molecule has 4 rings (SSSR count). The van der Waals surface area contributed by atoms with Crippen LogP contribution in [0, 0.1) is 5.92 Å². The van der Waals surface area contributed by atoms with Crippen molar-refractivity contribution in [1.82, 2.24) is 25.3 Å². The Balaban J connectivity index is 1.42. The van der Waals surface area contributed by atoms with Crippen molar-refractivity contribution < 1.29 is 4.74 Å². The molecule has 1 aliphatic rings. The molecule has 1 unspecified atom stereocenters. The first-order valence-electron chi connectivity index (χ1n) is 7.97. The number of rotatable bonds is 4. The van der Waals surface area contributed by atoms with Gasteiger partial charge in [0.2, 0.25) is 0 Å². The van der Waals surface area contributed by atoms with Crippen LogP contribution >= 0.6 is 11.6 Å². The third kappa shape index (κ3) is 3.12. The average molecular weight is 345 g/mol. The lowest BCUT2D eigenvalue weighted by molar-refractivity contribution is 0.228. The third-order valence-electron chi connectivity index (χ3n) is 4.21. The van der Waals surface area contributed by atoms with Crippen LogP contribution in [-0.2, 0) is 0 Å². The molecule has 8 heteroatoms. The molecule has 3 heterocycles. The Hall–Kier alpha value is -2.41. The Labute approximate surface area is 144 Å². The molecule has 7 nitrogen and oxygen atoms in total. The monoisotopic (exact) mass is 344 g/mol. The van der Waals surface area contributed by atoms with Crippen molar-refractivity contribution in [3.05, 3.63) is 41.4 Å². The van der Waals surface area contributed by atoms with Crippen LogP contribution in [0.4, 0.5) is 5.82 Å². The van der Waals surface area contributed by atoms with Gasteiger partial charge in [-0.2, -0.15) is 0 Å². The number of hydrogen-bond acceptors (Lipinski definition) is 6. The van der Waals surface area contributed by atoms with E-state index >= 15 is 0 Å². The Morgan fingerprint density at radius 2 is 2.12 bits per heavy atom. The number of benzene rings is 1. The van der Waals surface area contributed by atoms with Crippen molar-refractivity contribution in [3.8, 4) is 5.75 Å². The molecular weight excluding hydrogens is 328 g/mol. The van der Waals surface area contributed by atoms with Crippen molar-refractivity contribution in [2.45, 2.75) is 12.8 Å². The number of tetrazole rings is 1. The zero-order valence-electron chi connectivity index (χ0n) is 13.0. The van der Waals surface area contributed by atoms with Crippen molar-refractivity contribution in [3.63, 3.8) is 0 Å². The number of fused-ring (bicyclic) bond motifs is 1. The van der Waals surface area contributed by atoms with Crippen LogP contribution in [0.1, 0.15) is 12.8 Å². The van der Waals surface area contributed by atoms with Gasteiger partial charge in [-0.05, 0) is 47.5 Å². The topological polar surface area (TPSA) is 68.4 Å². The fourth-order valence-corrected chi connectivity index (χ4v) is 3.18. The zero-order valence-corrected chi connectivity index (χ0v) is 13.8. The van der Waals surface area contributed by atoms with E-state index in [4.69, 9.17) is 16.3 Å². The van der Waals surface area contributed by atoms with Gasteiger partial charge in [-0.25, -0.2) is 0 Å². The number of para-hydroxylation sites is 1. The summed E-state index contributed by atoms with van der Waals surface area (Å²) >= 11 is 6.14. The minimum absolute atomic E-state index is 0.432. The maximum absolute atomic E-state index is 6.14. The standard InChI is InChI=1S/C16H17ClN6O/c17-13-5-1-2-6-14(13)24-11-12-4-3-9-22(10-12)16-8-7-15-18-20-21-23(15)19-16/h1-2,5-8,12H,3-4,9-11H2. The van der Waals surface area contributed by atoms with Gasteiger partial charge in [0.1, 0.15) is 5.75 Å². The highest BCUT2D eigenvalue weighted by Gasteiger charge is 2.22. The third-order valence-corrected chi connectivity index (χ3v) is 4.52. The van der Waals surface area contributed by atoms with Gasteiger partial charge in [0, 0.05) is 19.0 Å². The summed E-state index contributed by atoms with van der Waals surface area (Å²) in [6.07, 6.45) is 2.24. The molecule has 3 aromatic rings. The van der Waals surface area contributed by atoms with Crippen LogP contribution in [0.15, 0.2) is 36.4 Å². The van der Waals surface area contributed by atoms with E-state index in [1.54, 1.807) is 0 Å². The summed E-state index contributed by atoms with van der Waals surface area (Å²) in [5.41, 5.74) is 0.648. The van der Waals surface area contributed by atoms with Gasteiger partial charge in [-0.3, -0.25) is 0 Å². The highest BCUT2D eigenvalue weighted by molar-refractivity contribution is 6.32. The minimum atomic E-state index is 0.432. The molecule has 0 saturated carbocycles. The maximum atomic E-state index is 6.14. The van der Waals surface area contributed by atoms with E-state index in [1.165, 1.54) is 4.63 Å². The number of aromatic nitrogens is 5. The number of hydrogen-bond donors (Lipinski definition) is 0. The maximum Gasteiger partial charge on any atom is 0.200 e. The average Bonchev–Trinajstić information content (AvgIpc) is 3.09.